The quantitative estimate of drug-likeness (QED) is 0.198. The molecule has 0 aromatic heterocycles. The summed E-state index contributed by atoms with van der Waals surface area (Å²) in [4.78, 5) is 66.2. The third-order valence-corrected chi connectivity index (χ3v) is 7.04. The molecule has 0 saturated carbocycles. The Morgan fingerprint density at radius 3 is 1.40 bits per heavy atom. The third-order valence-electron chi connectivity index (χ3n) is 7.04. The van der Waals surface area contributed by atoms with Crippen LogP contribution in [0.4, 0.5) is 4.79 Å². The number of ketones is 1. The summed E-state index contributed by atoms with van der Waals surface area (Å²) >= 11 is 0. The van der Waals surface area contributed by atoms with Crippen molar-refractivity contribution in [3.63, 3.8) is 0 Å². The Hall–Kier alpha value is -2.81. The van der Waals surface area contributed by atoms with E-state index in [0.29, 0.717) is 25.8 Å². The van der Waals surface area contributed by atoms with Crippen molar-refractivity contribution >= 4 is 29.7 Å². The second kappa shape index (κ2) is 18.1. The molecule has 0 bridgehead atoms. The van der Waals surface area contributed by atoms with Crippen molar-refractivity contribution in [2.45, 2.75) is 72.4 Å². The summed E-state index contributed by atoms with van der Waals surface area (Å²) < 4.78 is 0. The summed E-state index contributed by atoms with van der Waals surface area (Å²) in [7, 11) is 0. The monoisotopic (exact) mass is 611 g/mol. The molecule has 14 heteroatoms. The maximum Gasteiger partial charge on any atom is 0.317 e. The molecule has 14 nitrogen and oxygen atoms in total. The van der Waals surface area contributed by atoms with Crippen LogP contribution in [0.1, 0.15) is 60.8 Å². The van der Waals surface area contributed by atoms with E-state index in [2.05, 4.69) is 10.6 Å². The fourth-order valence-electron chi connectivity index (χ4n) is 4.86. The molecule has 1 unspecified atom stereocenters. The summed E-state index contributed by atoms with van der Waals surface area (Å²) in [6.07, 6.45) is 1.97. The molecule has 1 aliphatic rings. The van der Waals surface area contributed by atoms with Crippen LogP contribution in [0.15, 0.2) is 0 Å². The van der Waals surface area contributed by atoms with Gasteiger partial charge in [0.2, 0.25) is 0 Å². The first kappa shape index (κ1) is 38.2. The number of aliphatic carboxylic acids is 3. The van der Waals surface area contributed by atoms with Gasteiger partial charge in [0.25, 0.3) is 0 Å². The molecule has 1 saturated heterocycles. The number of rotatable bonds is 13. The van der Waals surface area contributed by atoms with Gasteiger partial charge in [-0.2, -0.15) is 0 Å². The molecular formula is C29H51N6O8-3. The zero-order chi connectivity index (χ0) is 32.8. The second-order valence-corrected chi connectivity index (χ2v) is 13.2. The Morgan fingerprint density at radius 2 is 1.05 bits per heavy atom. The molecule has 1 atom stereocenters. The second-order valence-electron chi connectivity index (χ2n) is 13.2. The molecule has 0 aromatic rings. The van der Waals surface area contributed by atoms with Crippen molar-refractivity contribution in [3.8, 4) is 0 Å². The van der Waals surface area contributed by atoms with Crippen LogP contribution in [0, 0.1) is 5.41 Å². The number of nitrogens with one attached hydrogen (secondary N) is 2. The van der Waals surface area contributed by atoms with Crippen molar-refractivity contribution in [1.82, 2.24) is 30.2 Å². The van der Waals surface area contributed by atoms with E-state index in [0.717, 1.165) is 0 Å². The molecule has 0 radical (unpaired) electrons. The van der Waals surface area contributed by atoms with Gasteiger partial charge in [0.1, 0.15) is 0 Å². The highest BCUT2D eigenvalue weighted by molar-refractivity contribution is 5.88. The highest BCUT2D eigenvalue weighted by Gasteiger charge is 2.31. The van der Waals surface area contributed by atoms with Crippen LogP contribution in [0.5, 0.6) is 0 Å². The number of hydrogen-bond acceptors (Lipinski definition) is 12. The Labute approximate surface area is 255 Å². The normalized spacial score (nSPS) is 17.9. The topological polar surface area (TPSA) is 192 Å². The lowest BCUT2D eigenvalue weighted by Gasteiger charge is -2.34. The van der Waals surface area contributed by atoms with E-state index < -0.39 is 23.3 Å². The van der Waals surface area contributed by atoms with E-state index >= 15 is 0 Å². The molecule has 0 aromatic carbocycles. The summed E-state index contributed by atoms with van der Waals surface area (Å²) in [6.45, 7) is 12.5. The minimum Gasteiger partial charge on any atom is -0.549 e. The summed E-state index contributed by atoms with van der Waals surface area (Å²) in [5, 5.41) is 40.2. The van der Waals surface area contributed by atoms with Crippen LogP contribution >= 0.6 is 0 Å². The zero-order valence-corrected chi connectivity index (χ0v) is 26.7. The zero-order valence-electron chi connectivity index (χ0n) is 26.7. The lowest BCUT2D eigenvalue weighted by atomic mass is 9.84. The molecule has 1 aliphatic heterocycles. The smallest absolute Gasteiger partial charge is 0.317 e. The molecule has 0 spiro atoms. The van der Waals surface area contributed by atoms with Crippen LogP contribution in [0.25, 0.3) is 0 Å². The predicted octanol–water partition coefficient (Wildman–Crippen LogP) is -3.29. The fraction of sp³-hybridized carbons (Fsp3) is 0.828. The number of carboxylic acids is 3. The van der Waals surface area contributed by atoms with E-state index in [4.69, 9.17) is 0 Å². The summed E-state index contributed by atoms with van der Waals surface area (Å²) in [5.41, 5.74) is -0.722. The third kappa shape index (κ3) is 17.2. The van der Waals surface area contributed by atoms with Crippen molar-refractivity contribution in [1.29, 1.82) is 0 Å². The lowest BCUT2D eigenvalue weighted by molar-refractivity contribution is -0.308. The Kier molecular flexibility index (Phi) is 16.1. The number of urea groups is 1. The summed E-state index contributed by atoms with van der Waals surface area (Å²) in [6, 6.07) is -0.676. The molecule has 1 heterocycles. The van der Waals surface area contributed by atoms with E-state index in [1.807, 2.05) is 41.5 Å². The standard InChI is InChI=1S/C29H54N6O8/c1-28(2,3)26(42)22(31-29(4,5)6)9-7-8-10-30-27(43)35-17-15-33(20-24(38)39)13-11-32(19-23(36)37)12-14-34(16-18-35)21-25(40)41/h22,31H,7-21H2,1-6H3,(H,30,43)(H,36,37)(H,38,39)(H,40,41)/p-3. The van der Waals surface area contributed by atoms with E-state index in [1.165, 1.54) is 4.90 Å². The number of Topliss-reactive ketones (excluding diaryl/α,β-unsaturated/α-hetero) is 1. The number of nitrogens with zero attached hydrogens (tertiary/aromatic N) is 4. The van der Waals surface area contributed by atoms with Crippen molar-refractivity contribution in [3.05, 3.63) is 0 Å². The highest BCUT2D eigenvalue weighted by atomic mass is 16.4. The highest BCUT2D eigenvalue weighted by Crippen LogP contribution is 2.21. The van der Waals surface area contributed by atoms with Gasteiger partial charge in [0.05, 0.1) is 23.9 Å². The Morgan fingerprint density at radius 1 is 0.651 bits per heavy atom. The molecule has 2 N–H and O–H groups in total. The number of hydrogen-bond donors (Lipinski definition) is 2. The van der Waals surface area contributed by atoms with E-state index in [9.17, 15) is 39.3 Å². The number of carbonyl (C=O) groups is 5. The van der Waals surface area contributed by atoms with Gasteiger partial charge < -0.3 is 45.2 Å². The van der Waals surface area contributed by atoms with Gasteiger partial charge in [-0.15, -0.1) is 0 Å². The number of carbonyl (C=O) groups excluding carboxylic acids is 5. The molecular weight excluding hydrogens is 560 g/mol. The van der Waals surface area contributed by atoms with Crippen LogP contribution in [-0.2, 0) is 19.2 Å². The minimum absolute atomic E-state index is 0.135. The first-order chi connectivity index (χ1) is 19.9. The molecule has 2 amide bonds. The van der Waals surface area contributed by atoms with Crippen molar-refractivity contribution in [2.75, 3.05) is 78.5 Å². The average molecular weight is 612 g/mol. The van der Waals surface area contributed by atoms with E-state index in [-0.39, 0.29) is 95.4 Å². The average Bonchev–Trinajstić information content (AvgIpc) is 2.85. The fourth-order valence-corrected chi connectivity index (χ4v) is 4.86. The van der Waals surface area contributed by atoms with Crippen LogP contribution in [0.2, 0.25) is 0 Å². The molecule has 43 heavy (non-hydrogen) atoms. The Balaban J connectivity index is 2.86. The summed E-state index contributed by atoms with van der Waals surface area (Å²) in [5.74, 6) is -3.75. The maximum absolute atomic E-state index is 13.1. The van der Waals surface area contributed by atoms with Crippen molar-refractivity contribution in [2.24, 2.45) is 5.41 Å². The van der Waals surface area contributed by atoms with Gasteiger partial charge in [-0.05, 0) is 40.0 Å². The first-order valence-electron chi connectivity index (χ1n) is 15.0. The predicted molar refractivity (Wildman–Crippen MR) is 154 cm³/mol. The maximum atomic E-state index is 13.1. The van der Waals surface area contributed by atoms with Crippen LogP contribution in [0.3, 0.4) is 0 Å². The molecule has 0 aliphatic carbocycles. The SMILES string of the molecule is CC(C)(C)NC(CCCCNC(=O)N1CCN(CC(=O)[O-])CCN(CC(=O)[O-])CCN(CC(=O)[O-])CC1)C(=O)C(C)(C)C. The van der Waals surface area contributed by atoms with Gasteiger partial charge in [0, 0.05) is 89.5 Å². The largest absolute Gasteiger partial charge is 0.549 e. The number of carboxylic acid groups (broad SMARTS) is 3. The van der Waals surface area contributed by atoms with Gasteiger partial charge in [0.15, 0.2) is 5.78 Å². The van der Waals surface area contributed by atoms with Gasteiger partial charge in [-0.1, -0.05) is 20.8 Å². The van der Waals surface area contributed by atoms with Crippen LogP contribution < -0.4 is 26.0 Å². The van der Waals surface area contributed by atoms with Gasteiger partial charge in [-0.3, -0.25) is 19.5 Å². The van der Waals surface area contributed by atoms with Crippen LogP contribution in [-0.4, -0.2) is 139 Å². The first-order valence-corrected chi connectivity index (χ1v) is 15.0. The van der Waals surface area contributed by atoms with E-state index in [1.54, 1.807) is 14.7 Å². The molecule has 248 valence electrons. The number of amides is 2. The number of unbranched alkanes of at least 4 members (excludes halogenated alkanes) is 1. The Bertz CT molecular complexity index is 901. The van der Waals surface area contributed by atoms with Crippen molar-refractivity contribution < 1.29 is 39.3 Å². The lowest BCUT2D eigenvalue weighted by Crippen LogP contribution is -2.53. The minimum atomic E-state index is -1.30. The molecule has 1 fully saturated rings. The molecule has 1 rings (SSSR count). The van der Waals surface area contributed by atoms with Gasteiger partial charge >= 0.3 is 6.03 Å². The van der Waals surface area contributed by atoms with Gasteiger partial charge in [-0.25, -0.2) is 4.79 Å².